The molecule has 1 amide bonds. The lowest BCUT2D eigenvalue weighted by Crippen LogP contribution is -2.43. The molecule has 0 aliphatic carbocycles. The normalized spacial score (nSPS) is 11.2. The van der Waals surface area contributed by atoms with Crippen LogP contribution in [-0.4, -0.2) is 39.8 Å². The first-order valence-corrected chi connectivity index (χ1v) is 12.5. The van der Waals surface area contributed by atoms with Crippen LogP contribution in [0.25, 0.3) is 10.2 Å². The van der Waals surface area contributed by atoms with Crippen molar-refractivity contribution in [2.24, 2.45) is 7.05 Å². The summed E-state index contributed by atoms with van der Waals surface area (Å²) in [6.07, 6.45) is 1.38. The van der Waals surface area contributed by atoms with Crippen molar-refractivity contribution in [1.29, 1.82) is 0 Å². The van der Waals surface area contributed by atoms with Crippen LogP contribution in [0.2, 0.25) is 5.02 Å². The van der Waals surface area contributed by atoms with E-state index in [1.54, 1.807) is 7.05 Å². The van der Waals surface area contributed by atoms with Gasteiger partial charge >= 0.3 is 11.4 Å². The minimum atomic E-state index is -1.26. The highest BCUT2D eigenvalue weighted by molar-refractivity contribution is 7.22. The number of fused-ring (bicyclic) bond motifs is 1. The van der Waals surface area contributed by atoms with Gasteiger partial charge in [0.05, 0.1) is 34.0 Å². The van der Waals surface area contributed by atoms with E-state index in [0.29, 0.717) is 4.70 Å². The van der Waals surface area contributed by atoms with Gasteiger partial charge in [0.2, 0.25) is 11.9 Å². The first-order valence-electron chi connectivity index (χ1n) is 11.3. The fourth-order valence-electron chi connectivity index (χ4n) is 3.75. The Morgan fingerprint density at radius 3 is 2.50 bits per heavy atom. The fourth-order valence-corrected chi connectivity index (χ4v) is 4.91. The van der Waals surface area contributed by atoms with Crippen LogP contribution in [0.15, 0.2) is 40.2 Å². The lowest BCUT2D eigenvalue weighted by molar-refractivity contribution is -0.114. The molecule has 0 saturated carbocycles. The summed E-state index contributed by atoms with van der Waals surface area (Å²) in [4.78, 5) is 49.8. The molecule has 12 nitrogen and oxygen atoms in total. The Bertz CT molecular complexity index is 1890. The molecule has 0 spiro atoms. The Hall–Kier alpha value is -4.57. The number of anilines is 3. The van der Waals surface area contributed by atoms with Gasteiger partial charge in [-0.1, -0.05) is 22.9 Å². The molecule has 3 aromatic heterocycles. The Kier molecular flexibility index (Phi) is 7.12. The van der Waals surface area contributed by atoms with E-state index >= 15 is 4.39 Å². The number of amides is 1. The summed E-state index contributed by atoms with van der Waals surface area (Å²) >= 11 is 6.85. The van der Waals surface area contributed by atoms with E-state index in [2.05, 4.69) is 30.7 Å². The van der Waals surface area contributed by atoms with Crippen molar-refractivity contribution in [3.05, 3.63) is 85.4 Å². The number of carbonyl (C=O) groups is 1. The van der Waals surface area contributed by atoms with Crippen LogP contribution in [0.4, 0.5) is 29.9 Å². The predicted molar refractivity (Wildman–Crippen MR) is 140 cm³/mol. The maximum atomic E-state index is 15.0. The highest BCUT2D eigenvalue weighted by Crippen LogP contribution is 2.31. The molecule has 0 aliphatic heterocycles. The summed E-state index contributed by atoms with van der Waals surface area (Å²) < 4.78 is 46.4. The third kappa shape index (κ3) is 5.43. The number of thiazole rings is 1. The Balaban J connectivity index is 1.61. The van der Waals surface area contributed by atoms with Crippen molar-refractivity contribution in [2.45, 2.75) is 20.0 Å². The highest BCUT2D eigenvalue weighted by atomic mass is 35.5. The maximum Gasteiger partial charge on any atom is 0.355 e. The summed E-state index contributed by atoms with van der Waals surface area (Å²) in [6.45, 7) is 0.548. The minimum Gasteiger partial charge on any atom is -0.323 e. The van der Waals surface area contributed by atoms with E-state index in [4.69, 9.17) is 11.6 Å². The van der Waals surface area contributed by atoms with Gasteiger partial charge in [-0.2, -0.15) is 10.1 Å². The number of aryl methyl sites for hydroxylation is 1. The number of aromatic nitrogens is 7. The van der Waals surface area contributed by atoms with Crippen LogP contribution in [0.5, 0.6) is 0 Å². The number of rotatable bonds is 7. The van der Waals surface area contributed by atoms with Gasteiger partial charge in [-0.25, -0.2) is 37.3 Å². The molecule has 0 fully saturated rings. The number of nitrogens with one attached hydrogen (secondary N) is 2. The third-order valence-corrected chi connectivity index (χ3v) is 6.70. The molecule has 3 heterocycles. The predicted octanol–water partition coefficient (Wildman–Crippen LogP) is 3.01. The van der Waals surface area contributed by atoms with Gasteiger partial charge < -0.3 is 10.6 Å². The van der Waals surface area contributed by atoms with Crippen LogP contribution in [0.3, 0.4) is 0 Å². The minimum absolute atomic E-state index is 0.0651. The molecular formula is C23H17ClF3N9O3S. The zero-order valence-corrected chi connectivity index (χ0v) is 22.1. The summed E-state index contributed by atoms with van der Waals surface area (Å²) in [6, 6.07) is 4.41. The molecular weight excluding hydrogens is 575 g/mol. The SMILES string of the molecule is CC(=O)Nc1nc2cc(F)c(Nc3nc(=O)n(Cc4ncn(C)n4)c(=O)n3Cc3cc(F)c(F)c(Cl)c3)cc2s1. The van der Waals surface area contributed by atoms with Gasteiger partial charge in [0.25, 0.3) is 0 Å². The average molecular weight is 592 g/mol. The monoisotopic (exact) mass is 591 g/mol. The van der Waals surface area contributed by atoms with Gasteiger partial charge in [-0.15, -0.1) is 0 Å². The van der Waals surface area contributed by atoms with Gasteiger partial charge in [0.1, 0.15) is 12.1 Å². The molecule has 0 aliphatic rings. The van der Waals surface area contributed by atoms with E-state index in [9.17, 15) is 23.2 Å². The average Bonchev–Trinajstić information content (AvgIpc) is 3.46. The molecule has 17 heteroatoms. The smallest absolute Gasteiger partial charge is 0.323 e. The molecule has 5 rings (SSSR count). The summed E-state index contributed by atoms with van der Waals surface area (Å²) in [5.74, 6) is -3.91. The van der Waals surface area contributed by atoms with E-state index in [1.165, 1.54) is 24.0 Å². The molecule has 0 bridgehead atoms. The van der Waals surface area contributed by atoms with Crippen molar-refractivity contribution >= 4 is 55.8 Å². The molecule has 2 N–H and O–H groups in total. The van der Waals surface area contributed by atoms with Gasteiger partial charge in [0.15, 0.2) is 22.6 Å². The highest BCUT2D eigenvalue weighted by Gasteiger charge is 2.19. The van der Waals surface area contributed by atoms with E-state index in [-0.39, 0.29) is 46.1 Å². The molecule has 2 aromatic carbocycles. The van der Waals surface area contributed by atoms with Crippen molar-refractivity contribution in [3.63, 3.8) is 0 Å². The van der Waals surface area contributed by atoms with Crippen LogP contribution in [0, 0.1) is 17.5 Å². The summed E-state index contributed by atoms with van der Waals surface area (Å²) in [7, 11) is 1.60. The number of hydrogen-bond acceptors (Lipinski definition) is 9. The van der Waals surface area contributed by atoms with Gasteiger partial charge in [0, 0.05) is 20.0 Å². The van der Waals surface area contributed by atoms with Crippen molar-refractivity contribution < 1.29 is 18.0 Å². The second-order valence-electron chi connectivity index (χ2n) is 8.51. The number of benzene rings is 2. The van der Waals surface area contributed by atoms with Crippen molar-refractivity contribution in [2.75, 3.05) is 10.6 Å². The Morgan fingerprint density at radius 1 is 1.05 bits per heavy atom. The zero-order valence-electron chi connectivity index (χ0n) is 20.6. The molecule has 0 unspecified atom stereocenters. The first-order chi connectivity index (χ1) is 19.0. The molecule has 40 heavy (non-hydrogen) atoms. The van der Waals surface area contributed by atoms with Crippen LogP contribution in [0.1, 0.15) is 18.3 Å². The maximum absolute atomic E-state index is 15.0. The molecule has 5 aromatic rings. The lowest BCUT2D eigenvalue weighted by atomic mass is 10.2. The number of halogens is 4. The topological polar surface area (TPSA) is 142 Å². The van der Waals surface area contributed by atoms with E-state index in [1.807, 2.05) is 0 Å². The van der Waals surface area contributed by atoms with E-state index in [0.717, 1.165) is 38.7 Å². The third-order valence-electron chi connectivity index (χ3n) is 5.49. The quantitative estimate of drug-likeness (QED) is 0.275. The van der Waals surface area contributed by atoms with Gasteiger partial charge in [-0.05, 0) is 23.8 Å². The summed E-state index contributed by atoms with van der Waals surface area (Å²) in [5.41, 5.74) is -1.75. The molecule has 0 saturated heterocycles. The van der Waals surface area contributed by atoms with E-state index < -0.39 is 40.4 Å². The fraction of sp³-hybridized carbons (Fsp3) is 0.174. The van der Waals surface area contributed by atoms with Crippen LogP contribution >= 0.6 is 22.9 Å². The van der Waals surface area contributed by atoms with Crippen LogP contribution in [-0.2, 0) is 24.9 Å². The standard InChI is InChI=1S/C23H17ClF3N9O3S/c1-10(37)29-21-31-16-5-13(25)15(6-17(16)40-21)30-20-32-22(38)36(8-18-28-9-34(2)33-18)23(39)35(20)7-11-3-12(24)19(27)14(26)4-11/h3-6,9H,7-8H2,1-2H3,(H,29,31,37)(H,30,32,38). The molecule has 0 atom stereocenters. The summed E-state index contributed by atoms with van der Waals surface area (Å²) in [5, 5.41) is 8.93. The van der Waals surface area contributed by atoms with Gasteiger partial charge in [-0.3, -0.25) is 14.0 Å². The Morgan fingerprint density at radius 2 is 1.82 bits per heavy atom. The molecule has 0 radical (unpaired) electrons. The largest absolute Gasteiger partial charge is 0.355 e. The zero-order chi connectivity index (χ0) is 28.7. The number of nitrogens with zero attached hydrogens (tertiary/aromatic N) is 7. The first kappa shape index (κ1) is 27.0. The Labute approximate surface area is 230 Å². The number of hydrogen-bond donors (Lipinski definition) is 2. The van der Waals surface area contributed by atoms with Crippen molar-refractivity contribution in [1.82, 2.24) is 33.9 Å². The lowest BCUT2D eigenvalue weighted by Gasteiger charge is -2.16. The number of carbonyl (C=O) groups excluding carboxylic acids is 1. The van der Waals surface area contributed by atoms with Crippen LogP contribution < -0.4 is 22.0 Å². The second kappa shape index (κ2) is 10.5. The molecule has 206 valence electrons. The van der Waals surface area contributed by atoms with Crippen molar-refractivity contribution in [3.8, 4) is 0 Å². The second-order valence-corrected chi connectivity index (χ2v) is 9.94.